The molecule has 0 amide bonds. The van der Waals surface area contributed by atoms with Crippen LogP contribution in [-0.4, -0.2) is 43.3 Å². The summed E-state index contributed by atoms with van der Waals surface area (Å²) >= 11 is 0. The van der Waals surface area contributed by atoms with E-state index in [1.807, 2.05) is 0 Å². The van der Waals surface area contributed by atoms with Gasteiger partial charge in [-0.3, -0.25) is 4.90 Å². The van der Waals surface area contributed by atoms with E-state index in [9.17, 15) is 4.39 Å². The Hall–Kier alpha value is 0.430. The lowest BCUT2D eigenvalue weighted by Gasteiger charge is -2.30. The number of nitrogens with zero attached hydrogens (tertiary/aromatic N) is 1. The molecular formula is C9H19Cl2FN2. The Labute approximate surface area is 97.4 Å². The van der Waals surface area contributed by atoms with Crippen molar-refractivity contribution in [2.45, 2.75) is 31.5 Å². The van der Waals surface area contributed by atoms with Gasteiger partial charge in [-0.15, -0.1) is 24.8 Å². The van der Waals surface area contributed by atoms with Gasteiger partial charge in [0.25, 0.3) is 0 Å². The smallest absolute Gasteiger partial charge is 0.114 e. The molecule has 2 rings (SSSR count). The topological polar surface area (TPSA) is 15.3 Å². The molecule has 2 aliphatic heterocycles. The van der Waals surface area contributed by atoms with Gasteiger partial charge in [0.15, 0.2) is 0 Å². The molecule has 0 aliphatic carbocycles. The second-order valence-electron chi connectivity index (χ2n) is 3.86. The highest BCUT2D eigenvalue weighted by Crippen LogP contribution is 2.19. The monoisotopic (exact) mass is 244 g/mol. The second-order valence-corrected chi connectivity index (χ2v) is 3.86. The summed E-state index contributed by atoms with van der Waals surface area (Å²) in [6.07, 6.45) is 2.60. The largest absolute Gasteiger partial charge is 0.317 e. The van der Waals surface area contributed by atoms with E-state index in [1.54, 1.807) is 0 Å². The van der Waals surface area contributed by atoms with Gasteiger partial charge in [0.2, 0.25) is 0 Å². The Bertz CT molecular complexity index is 151. The zero-order valence-corrected chi connectivity index (χ0v) is 9.88. The van der Waals surface area contributed by atoms with Crippen LogP contribution >= 0.6 is 24.8 Å². The predicted octanol–water partition coefficient (Wildman–Crippen LogP) is 1.63. The number of hydrogen-bond donors (Lipinski definition) is 1. The number of alkyl halides is 1. The molecule has 2 heterocycles. The molecule has 0 bridgehead atoms. The lowest BCUT2D eigenvalue weighted by Crippen LogP contribution is -2.42. The SMILES string of the molecule is Cl.Cl.F[C@@H]1CCN(C2CCNCC2)C1. The zero-order valence-electron chi connectivity index (χ0n) is 8.25. The normalized spacial score (nSPS) is 29.4. The number of nitrogens with one attached hydrogen (secondary N) is 1. The summed E-state index contributed by atoms with van der Waals surface area (Å²) in [5, 5.41) is 3.33. The van der Waals surface area contributed by atoms with Crippen molar-refractivity contribution in [3.8, 4) is 0 Å². The van der Waals surface area contributed by atoms with Crippen LogP contribution in [0.4, 0.5) is 4.39 Å². The molecule has 2 nitrogen and oxygen atoms in total. The maximum Gasteiger partial charge on any atom is 0.114 e. The molecule has 1 atom stereocenters. The Morgan fingerprint density at radius 1 is 1.07 bits per heavy atom. The van der Waals surface area contributed by atoms with Crippen LogP contribution in [0, 0.1) is 0 Å². The van der Waals surface area contributed by atoms with E-state index in [-0.39, 0.29) is 24.8 Å². The van der Waals surface area contributed by atoms with Crippen molar-refractivity contribution in [2.75, 3.05) is 26.2 Å². The van der Waals surface area contributed by atoms with E-state index < -0.39 is 6.17 Å². The van der Waals surface area contributed by atoms with Crippen LogP contribution in [0.1, 0.15) is 19.3 Å². The molecule has 86 valence electrons. The fourth-order valence-electron chi connectivity index (χ4n) is 2.25. The number of piperidine rings is 1. The van der Waals surface area contributed by atoms with E-state index >= 15 is 0 Å². The van der Waals surface area contributed by atoms with Crippen molar-refractivity contribution >= 4 is 24.8 Å². The minimum atomic E-state index is -0.556. The highest BCUT2D eigenvalue weighted by molar-refractivity contribution is 5.85. The Kier molecular flexibility index (Phi) is 7.04. The molecule has 2 saturated heterocycles. The van der Waals surface area contributed by atoms with Crippen LogP contribution in [0.15, 0.2) is 0 Å². The maximum atomic E-state index is 12.9. The molecular weight excluding hydrogens is 226 g/mol. The van der Waals surface area contributed by atoms with Gasteiger partial charge in [-0.25, -0.2) is 4.39 Å². The summed E-state index contributed by atoms with van der Waals surface area (Å²) in [5.74, 6) is 0. The standard InChI is InChI=1S/C9H17FN2.2ClH/c10-8-3-6-12(7-8)9-1-4-11-5-2-9;;/h8-9,11H,1-7H2;2*1H/t8-;;/m1../s1. The third kappa shape index (κ3) is 3.54. The summed E-state index contributed by atoms with van der Waals surface area (Å²) < 4.78 is 12.9. The average Bonchev–Trinajstić information content (AvgIpc) is 2.54. The molecule has 0 aromatic carbocycles. The lowest BCUT2D eigenvalue weighted by atomic mass is 10.1. The molecule has 0 spiro atoms. The molecule has 14 heavy (non-hydrogen) atoms. The third-order valence-electron chi connectivity index (χ3n) is 2.99. The fourth-order valence-corrected chi connectivity index (χ4v) is 2.25. The molecule has 0 radical (unpaired) electrons. The van der Waals surface area contributed by atoms with Crippen LogP contribution < -0.4 is 5.32 Å². The molecule has 1 N–H and O–H groups in total. The molecule has 0 unspecified atom stereocenters. The van der Waals surface area contributed by atoms with Crippen molar-refractivity contribution < 1.29 is 4.39 Å². The van der Waals surface area contributed by atoms with Gasteiger partial charge < -0.3 is 5.32 Å². The van der Waals surface area contributed by atoms with Crippen molar-refractivity contribution in [1.29, 1.82) is 0 Å². The van der Waals surface area contributed by atoms with E-state index in [2.05, 4.69) is 10.2 Å². The van der Waals surface area contributed by atoms with E-state index in [0.717, 1.165) is 26.1 Å². The lowest BCUT2D eigenvalue weighted by molar-refractivity contribution is 0.184. The molecule has 0 aromatic heterocycles. The minimum Gasteiger partial charge on any atom is -0.317 e. The molecule has 5 heteroatoms. The van der Waals surface area contributed by atoms with Gasteiger partial charge in [-0.1, -0.05) is 0 Å². The Morgan fingerprint density at radius 2 is 1.71 bits per heavy atom. The summed E-state index contributed by atoms with van der Waals surface area (Å²) in [6.45, 7) is 3.88. The van der Waals surface area contributed by atoms with Gasteiger partial charge in [-0.05, 0) is 32.4 Å². The van der Waals surface area contributed by atoms with Gasteiger partial charge in [0.05, 0.1) is 0 Å². The van der Waals surface area contributed by atoms with E-state index in [4.69, 9.17) is 0 Å². The molecule has 0 saturated carbocycles. The summed E-state index contributed by atoms with van der Waals surface area (Å²) in [7, 11) is 0. The first-order valence-corrected chi connectivity index (χ1v) is 4.95. The number of hydrogen-bond acceptors (Lipinski definition) is 2. The summed E-state index contributed by atoms with van der Waals surface area (Å²) in [4.78, 5) is 2.32. The first-order chi connectivity index (χ1) is 5.86. The van der Waals surface area contributed by atoms with Crippen molar-refractivity contribution in [3.05, 3.63) is 0 Å². The fraction of sp³-hybridized carbons (Fsp3) is 1.00. The van der Waals surface area contributed by atoms with E-state index in [1.165, 1.54) is 12.8 Å². The zero-order chi connectivity index (χ0) is 8.39. The number of likely N-dealkylation sites (tertiary alicyclic amines) is 1. The van der Waals surface area contributed by atoms with Crippen LogP contribution in [-0.2, 0) is 0 Å². The molecule has 0 aromatic rings. The third-order valence-corrected chi connectivity index (χ3v) is 2.99. The molecule has 2 fully saturated rings. The van der Waals surface area contributed by atoms with Crippen LogP contribution in [0.2, 0.25) is 0 Å². The van der Waals surface area contributed by atoms with Crippen molar-refractivity contribution in [1.82, 2.24) is 10.2 Å². The minimum absolute atomic E-state index is 0. The second kappa shape index (κ2) is 6.83. The number of halogens is 3. The maximum absolute atomic E-state index is 12.9. The summed E-state index contributed by atoms with van der Waals surface area (Å²) in [6, 6.07) is 0.659. The number of rotatable bonds is 1. The Balaban J connectivity index is 0.000000845. The van der Waals surface area contributed by atoms with Gasteiger partial charge in [0.1, 0.15) is 6.17 Å². The quantitative estimate of drug-likeness (QED) is 0.755. The van der Waals surface area contributed by atoms with Gasteiger partial charge in [0, 0.05) is 19.1 Å². The predicted molar refractivity (Wildman–Crippen MR) is 61.5 cm³/mol. The van der Waals surface area contributed by atoms with Crippen LogP contribution in [0.25, 0.3) is 0 Å². The first-order valence-electron chi connectivity index (χ1n) is 4.95. The van der Waals surface area contributed by atoms with E-state index in [0.29, 0.717) is 12.6 Å². The highest BCUT2D eigenvalue weighted by atomic mass is 35.5. The molecule has 2 aliphatic rings. The average molecular weight is 245 g/mol. The Morgan fingerprint density at radius 3 is 2.21 bits per heavy atom. The van der Waals surface area contributed by atoms with Crippen molar-refractivity contribution in [3.63, 3.8) is 0 Å². The van der Waals surface area contributed by atoms with Crippen LogP contribution in [0.3, 0.4) is 0 Å². The van der Waals surface area contributed by atoms with Crippen LogP contribution in [0.5, 0.6) is 0 Å². The highest BCUT2D eigenvalue weighted by Gasteiger charge is 2.28. The van der Waals surface area contributed by atoms with Gasteiger partial charge in [-0.2, -0.15) is 0 Å². The summed E-state index contributed by atoms with van der Waals surface area (Å²) in [5.41, 5.74) is 0. The van der Waals surface area contributed by atoms with Crippen molar-refractivity contribution in [2.24, 2.45) is 0 Å². The van der Waals surface area contributed by atoms with Gasteiger partial charge >= 0.3 is 0 Å². The first kappa shape index (κ1) is 14.4.